The van der Waals surface area contributed by atoms with Crippen LogP contribution in [0, 0.1) is 6.92 Å². The van der Waals surface area contributed by atoms with Crippen LogP contribution in [0.2, 0.25) is 0 Å². The van der Waals surface area contributed by atoms with Crippen molar-refractivity contribution in [2.24, 2.45) is 4.99 Å². The molecule has 2 nitrogen and oxygen atoms in total. The van der Waals surface area contributed by atoms with Gasteiger partial charge in [0.15, 0.2) is 4.80 Å². The summed E-state index contributed by atoms with van der Waals surface area (Å²) in [5.41, 5.74) is 6.24. The molecule has 1 aromatic heterocycles. The second kappa shape index (κ2) is 9.67. The molecule has 0 spiro atoms. The minimum atomic E-state index is 0. The minimum Gasteiger partial charge on any atom is -0.312 e. The lowest BCUT2D eigenvalue weighted by Gasteiger charge is -2.10. The lowest BCUT2D eigenvalue weighted by molar-refractivity contribution is 0.761. The highest BCUT2D eigenvalue weighted by Gasteiger charge is 2.09. The van der Waals surface area contributed by atoms with E-state index >= 15 is 0 Å². The summed E-state index contributed by atoms with van der Waals surface area (Å²) in [5, 5.41) is 2.22. The van der Waals surface area contributed by atoms with Gasteiger partial charge in [0.2, 0.25) is 0 Å². The van der Waals surface area contributed by atoms with Crippen molar-refractivity contribution < 1.29 is 0 Å². The Morgan fingerprint density at radius 2 is 1.39 bits per heavy atom. The minimum absolute atomic E-state index is 0. The van der Waals surface area contributed by atoms with Gasteiger partial charge < -0.3 is 4.57 Å². The van der Waals surface area contributed by atoms with E-state index in [-0.39, 0.29) is 17.0 Å². The molecular weight excluding hydrogens is 428 g/mol. The topological polar surface area (TPSA) is 17.3 Å². The third-order valence-electron chi connectivity index (χ3n) is 4.57. The fourth-order valence-corrected chi connectivity index (χ4v) is 3.98. The van der Waals surface area contributed by atoms with Gasteiger partial charge in [-0.1, -0.05) is 90.5 Å². The van der Waals surface area contributed by atoms with Crippen LogP contribution in [0.15, 0.2) is 95.3 Å². The van der Waals surface area contributed by atoms with Gasteiger partial charge in [0, 0.05) is 5.38 Å². The van der Waals surface area contributed by atoms with Gasteiger partial charge in [0.05, 0.1) is 18.8 Å². The van der Waals surface area contributed by atoms with Gasteiger partial charge >= 0.3 is 0 Å². The van der Waals surface area contributed by atoms with Gasteiger partial charge in [-0.05, 0) is 23.6 Å². The van der Waals surface area contributed by atoms with Crippen LogP contribution in [0.1, 0.15) is 16.7 Å². The molecule has 142 valence electrons. The molecular formula is C24H23BrN2S. The first kappa shape index (κ1) is 20.3. The summed E-state index contributed by atoms with van der Waals surface area (Å²) in [7, 11) is 0. The maximum absolute atomic E-state index is 4.92. The van der Waals surface area contributed by atoms with Crippen LogP contribution in [-0.2, 0) is 13.1 Å². The summed E-state index contributed by atoms with van der Waals surface area (Å²) in [5.74, 6) is 0. The van der Waals surface area contributed by atoms with Crippen molar-refractivity contribution in [3.05, 3.63) is 112 Å². The van der Waals surface area contributed by atoms with E-state index in [4.69, 9.17) is 4.99 Å². The third-order valence-corrected chi connectivity index (χ3v) is 5.47. The number of thiazole rings is 1. The van der Waals surface area contributed by atoms with E-state index in [1.807, 2.05) is 6.07 Å². The van der Waals surface area contributed by atoms with E-state index in [1.165, 1.54) is 27.9 Å². The standard InChI is InChI=1S/C24H22N2S.BrH/c1-19-12-14-22(15-13-19)23-18-27-24(25-16-20-8-4-2-5-9-20)26(23)17-21-10-6-3-7-11-21;/h2-15,18H,16-17H2,1H3;1H. The highest BCUT2D eigenvalue weighted by Crippen LogP contribution is 2.22. The number of aromatic nitrogens is 1. The third kappa shape index (κ3) is 4.89. The summed E-state index contributed by atoms with van der Waals surface area (Å²) in [6.07, 6.45) is 0. The Kier molecular flexibility index (Phi) is 7.01. The Morgan fingerprint density at radius 1 is 0.786 bits per heavy atom. The Balaban J connectivity index is 0.00000225. The smallest absolute Gasteiger partial charge is 0.185 e. The molecule has 0 aliphatic rings. The molecule has 0 bridgehead atoms. The molecule has 0 fully saturated rings. The van der Waals surface area contributed by atoms with Crippen LogP contribution in [0.5, 0.6) is 0 Å². The van der Waals surface area contributed by atoms with Crippen molar-refractivity contribution in [3.63, 3.8) is 0 Å². The molecule has 0 aliphatic heterocycles. The zero-order chi connectivity index (χ0) is 18.5. The van der Waals surface area contributed by atoms with Crippen molar-refractivity contribution in [1.29, 1.82) is 0 Å². The highest BCUT2D eigenvalue weighted by atomic mass is 79.9. The first-order valence-electron chi connectivity index (χ1n) is 9.13. The molecule has 0 unspecified atom stereocenters. The fourth-order valence-electron chi connectivity index (χ4n) is 3.07. The van der Waals surface area contributed by atoms with Gasteiger partial charge in [0.1, 0.15) is 0 Å². The van der Waals surface area contributed by atoms with Gasteiger partial charge in [-0.15, -0.1) is 28.3 Å². The lowest BCUT2D eigenvalue weighted by atomic mass is 10.1. The molecule has 0 aliphatic carbocycles. The molecule has 4 heteroatoms. The Bertz CT molecular complexity index is 1070. The number of hydrogen-bond acceptors (Lipinski definition) is 2. The maximum atomic E-state index is 4.92. The molecule has 28 heavy (non-hydrogen) atoms. The molecule has 0 saturated carbocycles. The summed E-state index contributed by atoms with van der Waals surface area (Å²) >= 11 is 1.71. The van der Waals surface area contributed by atoms with Crippen LogP contribution < -0.4 is 4.80 Å². The Labute approximate surface area is 180 Å². The molecule has 0 atom stereocenters. The summed E-state index contributed by atoms with van der Waals surface area (Å²) < 4.78 is 2.33. The SMILES string of the molecule is Br.Cc1ccc(-c2csc(=NCc3ccccc3)n2Cc2ccccc2)cc1. The summed E-state index contributed by atoms with van der Waals surface area (Å²) in [6, 6.07) is 29.7. The van der Waals surface area contributed by atoms with Crippen LogP contribution in [0.25, 0.3) is 11.3 Å². The Morgan fingerprint density at radius 3 is 2.04 bits per heavy atom. The second-order valence-corrected chi connectivity index (χ2v) is 7.48. The monoisotopic (exact) mass is 450 g/mol. The number of benzene rings is 3. The van der Waals surface area contributed by atoms with E-state index in [9.17, 15) is 0 Å². The van der Waals surface area contributed by atoms with Crippen LogP contribution in [0.3, 0.4) is 0 Å². The molecule has 3 aromatic carbocycles. The summed E-state index contributed by atoms with van der Waals surface area (Å²) in [6.45, 7) is 3.64. The molecule has 0 N–H and O–H groups in total. The lowest BCUT2D eigenvalue weighted by Crippen LogP contribution is -2.17. The number of aryl methyl sites for hydroxylation is 1. The van der Waals surface area contributed by atoms with Crippen molar-refractivity contribution in [3.8, 4) is 11.3 Å². The van der Waals surface area contributed by atoms with Gasteiger partial charge in [-0.3, -0.25) is 4.99 Å². The van der Waals surface area contributed by atoms with E-state index in [0.29, 0.717) is 6.54 Å². The van der Waals surface area contributed by atoms with Crippen LogP contribution in [0.4, 0.5) is 0 Å². The number of hydrogen-bond donors (Lipinski definition) is 0. The number of rotatable bonds is 5. The van der Waals surface area contributed by atoms with Crippen molar-refractivity contribution in [2.75, 3.05) is 0 Å². The van der Waals surface area contributed by atoms with E-state index in [2.05, 4.69) is 95.7 Å². The van der Waals surface area contributed by atoms with E-state index < -0.39 is 0 Å². The molecule has 4 rings (SSSR count). The largest absolute Gasteiger partial charge is 0.312 e. The van der Waals surface area contributed by atoms with Crippen LogP contribution >= 0.6 is 28.3 Å². The average Bonchev–Trinajstić information content (AvgIpc) is 3.11. The number of nitrogens with zero attached hydrogens (tertiary/aromatic N) is 2. The Hall–Kier alpha value is -2.43. The quantitative estimate of drug-likeness (QED) is 0.341. The zero-order valence-electron chi connectivity index (χ0n) is 15.8. The molecule has 0 amide bonds. The molecule has 1 heterocycles. The van der Waals surface area contributed by atoms with Crippen molar-refractivity contribution >= 4 is 28.3 Å². The zero-order valence-corrected chi connectivity index (χ0v) is 18.3. The fraction of sp³-hybridized carbons (Fsp3) is 0.125. The van der Waals surface area contributed by atoms with E-state index in [1.54, 1.807) is 11.3 Å². The normalized spacial score (nSPS) is 11.2. The molecule has 0 saturated heterocycles. The van der Waals surface area contributed by atoms with Gasteiger partial charge in [0.25, 0.3) is 0 Å². The van der Waals surface area contributed by atoms with Crippen molar-refractivity contribution in [1.82, 2.24) is 4.57 Å². The van der Waals surface area contributed by atoms with Gasteiger partial charge in [-0.2, -0.15) is 0 Å². The summed E-state index contributed by atoms with van der Waals surface area (Å²) in [4.78, 5) is 5.97. The molecule has 0 radical (unpaired) electrons. The number of halogens is 1. The van der Waals surface area contributed by atoms with E-state index in [0.717, 1.165) is 11.3 Å². The first-order valence-corrected chi connectivity index (χ1v) is 10.0. The van der Waals surface area contributed by atoms with Crippen LogP contribution in [-0.4, -0.2) is 4.57 Å². The molecule has 4 aromatic rings. The average molecular weight is 451 g/mol. The maximum Gasteiger partial charge on any atom is 0.185 e. The highest BCUT2D eigenvalue weighted by molar-refractivity contribution is 8.93. The van der Waals surface area contributed by atoms with Gasteiger partial charge in [-0.25, -0.2) is 0 Å². The predicted octanol–water partition coefficient (Wildman–Crippen LogP) is 6.25. The predicted molar refractivity (Wildman–Crippen MR) is 124 cm³/mol. The second-order valence-electron chi connectivity index (χ2n) is 6.64. The van der Waals surface area contributed by atoms with Crippen molar-refractivity contribution in [2.45, 2.75) is 20.0 Å². The first-order chi connectivity index (χ1) is 13.3.